The highest BCUT2D eigenvalue weighted by molar-refractivity contribution is 8.07. The lowest BCUT2D eigenvalue weighted by Gasteiger charge is -2.25. The molecule has 0 fully saturated rings. The number of nitrogens with zero attached hydrogens (tertiary/aromatic N) is 2. The molecule has 0 saturated heterocycles. The van der Waals surface area contributed by atoms with Crippen LogP contribution in [0.15, 0.2) is 64.8 Å². The van der Waals surface area contributed by atoms with Gasteiger partial charge in [0.25, 0.3) is 5.91 Å². The molecular weight excluding hydrogens is 377 g/mol. The molecule has 2 aromatic rings. The summed E-state index contributed by atoms with van der Waals surface area (Å²) in [4.78, 5) is 19.0. The van der Waals surface area contributed by atoms with E-state index in [1.165, 1.54) is 18.3 Å². The van der Waals surface area contributed by atoms with Crippen molar-refractivity contribution in [1.29, 1.82) is 0 Å². The zero-order chi connectivity index (χ0) is 20.3. The summed E-state index contributed by atoms with van der Waals surface area (Å²) in [6.45, 7) is 6.38. The Hall–Kier alpha value is -2.80. The number of benzene rings is 1. The molecule has 7 heteroatoms. The number of amides is 1. The first-order valence-electron chi connectivity index (χ1n) is 8.81. The Morgan fingerprint density at radius 3 is 2.82 bits per heavy atom. The summed E-state index contributed by atoms with van der Waals surface area (Å²) < 4.78 is 13.5. The summed E-state index contributed by atoms with van der Waals surface area (Å²) in [6.07, 6.45) is 5.43. The predicted octanol–water partition coefficient (Wildman–Crippen LogP) is 4.64. The number of allylic oxidation sites excluding steroid dienone is 1. The molecule has 0 atom stereocenters. The van der Waals surface area contributed by atoms with Crippen molar-refractivity contribution in [2.45, 2.75) is 20.8 Å². The maximum atomic E-state index is 13.5. The van der Waals surface area contributed by atoms with Gasteiger partial charge in [-0.05, 0) is 31.2 Å². The van der Waals surface area contributed by atoms with Crippen molar-refractivity contribution >= 4 is 23.4 Å². The average molecular weight is 399 g/mol. The molecule has 0 spiro atoms. The smallest absolute Gasteiger partial charge is 0.255 e. The van der Waals surface area contributed by atoms with Crippen molar-refractivity contribution in [2.75, 3.05) is 11.4 Å². The van der Waals surface area contributed by atoms with Crippen LogP contribution >= 0.6 is 11.8 Å². The molecule has 1 aromatic carbocycles. The standard InChI is InChI=1S/C21H22FN3O2S/c1-14-12-25(15-8-9-23-18(22)10-15)19(28-14)11-21(2,3)13-24-20(27)16-6-4-5-7-17(16)26/h4-12,26H,13H2,1-3H3,(H,24,27). The average Bonchev–Trinajstić information content (AvgIpc) is 2.99. The molecule has 0 aliphatic carbocycles. The Morgan fingerprint density at radius 2 is 2.11 bits per heavy atom. The van der Waals surface area contributed by atoms with Gasteiger partial charge in [-0.3, -0.25) is 4.79 Å². The van der Waals surface area contributed by atoms with E-state index in [0.717, 1.165) is 9.93 Å². The van der Waals surface area contributed by atoms with E-state index in [1.807, 2.05) is 37.9 Å². The molecule has 1 aliphatic rings. The van der Waals surface area contributed by atoms with Crippen LogP contribution in [0.1, 0.15) is 31.1 Å². The van der Waals surface area contributed by atoms with E-state index >= 15 is 0 Å². The van der Waals surface area contributed by atoms with Crippen LogP contribution in [0, 0.1) is 11.4 Å². The van der Waals surface area contributed by atoms with Crippen molar-refractivity contribution in [2.24, 2.45) is 5.41 Å². The Morgan fingerprint density at radius 1 is 1.36 bits per heavy atom. The summed E-state index contributed by atoms with van der Waals surface area (Å²) in [5.41, 5.74) is 0.565. The number of hydrogen-bond donors (Lipinski definition) is 2. The van der Waals surface area contributed by atoms with E-state index in [2.05, 4.69) is 10.3 Å². The van der Waals surface area contributed by atoms with Crippen LogP contribution in [0.2, 0.25) is 0 Å². The van der Waals surface area contributed by atoms with Gasteiger partial charge in [-0.25, -0.2) is 4.98 Å². The summed E-state index contributed by atoms with van der Waals surface area (Å²) in [6, 6.07) is 9.57. The second-order valence-corrected chi connectivity index (χ2v) is 8.49. The maximum absolute atomic E-state index is 13.5. The normalized spacial score (nSPS) is 15.6. The largest absolute Gasteiger partial charge is 0.507 e. The minimum atomic E-state index is -0.533. The molecule has 5 nitrogen and oxygen atoms in total. The number of nitrogens with one attached hydrogen (secondary N) is 1. The first-order chi connectivity index (χ1) is 13.2. The molecule has 0 unspecified atom stereocenters. The topological polar surface area (TPSA) is 65.5 Å². The van der Waals surface area contributed by atoms with Crippen LogP contribution in [0.25, 0.3) is 0 Å². The Labute approximate surface area is 168 Å². The molecule has 28 heavy (non-hydrogen) atoms. The first-order valence-corrected chi connectivity index (χ1v) is 9.63. The van der Waals surface area contributed by atoms with Crippen molar-refractivity contribution in [3.05, 3.63) is 76.3 Å². The van der Waals surface area contributed by atoms with Gasteiger partial charge in [0.1, 0.15) is 5.75 Å². The lowest BCUT2D eigenvalue weighted by molar-refractivity contribution is 0.0940. The molecular formula is C21H22FN3O2S. The number of aromatic hydroxyl groups is 1. The third-order valence-corrected chi connectivity index (χ3v) is 5.12. The number of thioether (sulfide) groups is 1. The number of anilines is 1. The highest BCUT2D eigenvalue weighted by Crippen LogP contribution is 2.41. The van der Waals surface area contributed by atoms with Gasteiger partial charge >= 0.3 is 0 Å². The fraction of sp³-hybridized carbons (Fsp3) is 0.238. The van der Waals surface area contributed by atoms with Gasteiger partial charge in [-0.1, -0.05) is 37.7 Å². The lowest BCUT2D eigenvalue weighted by atomic mass is 9.93. The molecule has 1 amide bonds. The summed E-state index contributed by atoms with van der Waals surface area (Å²) >= 11 is 1.59. The summed E-state index contributed by atoms with van der Waals surface area (Å²) in [5.74, 6) is -0.909. The van der Waals surface area contributed by atoms with Crippen molar-refractivity contribution < 1.29 is 14.3 Å². The SMILES string of the molecule is CC1=CN(c2ccnc(F)c2)C(=CC(C)(C)CNC(=O)c2ccccc2O)S1. The number of carbonyl (C=O) groups is 1. The highest BCUT2D eigenvalue weighted by atomic mass is 32.2. The number of phenolic OH excluding ortho intramolecular Hbond substituents is 1. The lowest BCUT2D eigenvalue weighted by Crippen LogP contribution is -2.33. The van der Waals surface area contributed by atoms with E-state index in [1.54, 1.807) is 36.0 Å². The molecule has 1 aromatic heterocycles. The van der Waals surface area contributed by atoms with Crippen LogP contribution < -0.4 is 10.2 Å². The second kappa shape index (κ2) is 8.06. The Kier molecular flexibility index (Phi) is 5.74. The van der Waals surface area contributed by atoms with Crippen molar-refractivity contribution in [3.8, 4) is 5.75 Å². The van der Waals surface area contributed by atoms with Gasteiger partial charge in [0.2, 0.25) is 5.95 Å². The molecule has 0 radical (unpaired) electrons. The number of carbonyl (C=O) groups excluding carboxylic acids is 1. The predicted molar refractivity (Wildman–Crippen MR) is 110 cm³/mol. The molecule has 1 aliphatic heterocycles. The van der Waals surface area contributed by atoms with Gasteiger partial charge in [0.15, 0.2) is 0 Å². The highest BCUT2D eigenvalue weighted by Gasteiger charge is 2.25. The van der Waals surface area contributed by atoms with Gasteiger partial charge in [0.05, 0.1) is 16.3 Å². The van der Waals surface area contributed by atoms with Crippen LogP contribution in [-0.2, 0) is 0 Å². The minimum Gasteiger partial charge on any atom is -0.507 e. The zero-order valence-electron chi connectivity index (χ0n) is 15.9. The number of hydrogen-bond acceptors (Lipinski definition) is 5. The molecule has 0 saturated carbocycles. The molecule has 146 valence electrons. The zero-order valence-corrected chi connectivity index (χ0v) is 16.8. The number of pyridine rings is 1. The minimum absolute atomic E-state index is 0.0479. The van der Waals surface area contributed by atoms with E-state index in [0.29, 0.717) is 12.2 Å². The van der Waals surface area contributed by atoms with Crippen LogP contribution in [-0.4, -0.2) is 22.5 Å². The maximum Gasteiger partial charge on any atom is 0.255 e. The number of phenols is 1. The Balaban J connectivity index is 1.75. The molecule has 2 N–H and O–H groups in total. The number of para-hydroxylation sites is 1. The molecule has 2 heterocycles. The van der Waals surface area contributed by atoms with E-state index in [9.17, 15) is 14.3 Å². The summed E-state index contributed by atoms with van der Waals surface area (Å²) in [7, 11) is 0. The first kappa shape index (κ1) is 19.9. The van der Waals surface area contributed by atoms with Crippen LogP contribution in [0.3, 0.4) is 0 Å². The molecule has 3 rings (SSSR count). The van der Waals surface area contributed by atoms with E-state index in [-0.39, 0.29) is 22.6 Å². The van der Waals surface area contributed by atoms with Gasteiger partial charge in [-0.15, -0.1) is 0 Å². The third-order valence-electron chi connectivity index (χ3n) is 4.17. The third kappa shape index (κ3) is 4.72. The van der Waals surface area contributed by atoms with Gasteiger partial charge in [-0.2, -0.15) is 4.39 Å². The quantitative estimate of drug-likeness (QED) is 0.717. The Bertz CT molecular complexity index is 956. The van der Waals surface area contributed by atoms with Crippen LogP contribution in [0.5, 0.6) is 5.75 Å². The fourth-order valence-electron chi connectivity index (χ4n) is 2.78. The number of aromatic nitrogens is 1. The van der Waals surface area contributed by atoms with Crippen LogP contribution in [0.4, 0.5) is 10.1 Å². The van der Waals surface area contributed by atoms with Crippen molar-refractivity contribution in [1.82, 2.24) is 10.3 Å². The number of rotatable bonds is 5. The van der Waals surface area contributed by atoms with Gasteiger partial charge < -0.3 is 15.3 Å². The van der Waals surface area contributed by atoms with Gasteiger partial charge in [0, 0.05) is 35.3 Å². The monoisotopic (exact) mass is 399 g/mol. The fourth-order valence-corrected chi connectivity index (χ4v) is 3.91. The second-order valence-electron chi connectivity index (χ2n) is 7.22. The van der Waals surface area contributed by atoms with Crippen molar-refractivity contribution in [3.63, 3.8) is 0 Å². The molecule has 0 bridgehead atoms. The van der Waals surface area contributed by atoms with E-state index < -0.39 is 5.95 Å². The summed E-state index contributed by atoms with van der Waals surface area (Å²) in [5, 5.41) is 13.6. The van der Waals surface area contributed by atoms with E-state index in [4.69, 9.17) is 0 Å². The number of halogens is 1.